The van der Waals surface area contributed by atoms with E-state index in [0.717, 1.165) is 37.4 Å². The minimum Gasteiger partial charge on any atom is -0.354 e. The van der Waals surface area contributed by atoms with Crippen molar-refractivity contribution in [2.45, 2.75) is 65.8 Å². The maximum absolute atomic E-state index is 6.13. The van der Waals surface area contributed by atoms with Gasteiger partial charge in [0.25, 0.3) is 0 Å². The van der Waals surface area contributed by atoms with Crippen molar-refractivity contribution in [1.82, 2.24) is 9.97 Å². The summed E-state index contributed by atoms with van der Waals surface area (Å²) in [4.78, 5) is 11.3. The summed E-state index contributed by atoms with van der Waals surface area (Å²) in [5, 5.41) is 0.554. The fourth-order valence-corrected chi connectivity index (χ4v) is 2.24. The molecule has 0 fully saturated rings. The van der Waals surface area contributed by atoms with Crippen LogP contribution in [0.25, 0.3) is 0 Å². The van der Waals surface area contributed by atoms with Crippen LogP contribution in [0.1, 0.15) is 59.2 Å². The van der Waals surface area contributed by atoms with Gasteiger partial charge in [-0.1, -0.05) is 38.8 Å². The lowest BCUT2D eigenvalue weighted by Crippen LogP contribution is -2.34. The summed E-state index contributed by atoms with van der Waals surface area (Å²) in [7, 11) is 0. The van der Waals surface area contributed by atoms with Gasteiger partial charge >= 0.3 is 0 Å². The molecule has 0 aliphatic rings. The van der Waals surface area contributed by atoms with Gasteiger partial charge in [-0.2, -0.15) is 0 Å². The predicted molar refractivity (Wildman–Crippen MR) is 83.0 cm³/mol. The molecule has 1 atom stereocenters. The molecule has 108 valence electrons. The standard InChI is InChI=1S/C15H26ClN3/c1-5-8-10-19(12(4)7-3)15-11-13(16)17-14(18-15)9-6-2/h11-12H,5-10H2,1-4H3. The Kier molecular flexibility index (Phi) is 7.14. The number of aryl methyl sites for hydroxylation is 1. The molecule has 1 heterocycles. The zero-order chi connectivity index (χ0) is 14.3. The van der Waals surface area contributed by atoms with Crippen molar-refractivity contribution >= 4 is 17.4 Å². The number of halogens is 1. The quantitative estimate of drug-likeness (QED) is 0.658. The Morgan fingerprint density at radius 2 is 1.95 bits per heavy atom. The van der Waals surface area contributed by atoms with Crippen LogP contribution in [0, 0.1) is 0 Å². The summed E-state index contributed by atoms with van der Waals surface area (Å²) in [6.45, 7) is 9.83. The zero-order valence-corrected chi connectivity index (χ0v) is 13.4. The molecule has 1 aromatic rings. The van der Waals surface area contributed by atoms with Crippen LogP contribution in [-0.4, -0.2) is 22.6 Å². The van der Waals surface area contributed by atoms with Gasteiger partial charge in [-0.25, -0.2) is 9.97 Å². The molecule has 3 nitrogen and oxygen atoms in total. The molecule has 1 unspecified atom stereocenters. The number of hydrogen-bond acceptors (Lipinski definition) is 3. The van der Waals surface area contributed by atoms with Crippen LogP contribution in [0.2, 0.25) is 5.15 Å². The third-order valence-electron chi connectivity index (χ3n) is 3.37. The molecule has 19 heavy (non-hydrogen) atoms. The fraction of sp³-hybridized carbons (Fsp3) is 0.733. The molecule has 0 aliphatic heterocycles. The third-order valence-corrected chi connectivity index (χ3v) is 3.56. The van der Waals surface area contributed by atoms with E-state index < -0.39 is 0 Å². The van der Waals surface area contributed by atoms with Gasteiger partial charge in [0.05, 0.1) is 0 Å². The molecule has 0 bridgehead atoms. The average Bonchev–Trinajstić information content (AvgIpc) is 2.38. The van der Waals surface area contributed by atoms with Crippen LogP contribution in [0.4, 0.5) is 5.82 Å². The molecule has 0 saturated heterocycles. The van der Waals surface area contributed by atoms with E-state index in [0.29, 0.717) is 11.2 Å². The van der Waals surface area contributed by atoms with E-state index in [1.807, 2.05) is 6.07 Å². The van der Waals surface area contributed by atoms with Crippen molar-refractivity contribution in [2.75, 3.05) is 11.4 Å². The molecule has 1 rings (SSSR count). The third kappa shape index (κ3) is 4.98. The minimum absolute atomic E-state index is 0.479. The monoisotopic (exact) mass is 283 g/mol. The summed E-state index contributed by atoms with van der Waals surface area (Å²) < 4.78 is 0. The van der Waals surface area contributed by atoms with E-state index >= 15 is 0 Å². The average molecular weight is 284 g/mol. The zero-order valence-electron chi connectivity index (χ0n) is 12.6. The first-order valence-electron chi connectivity index (χ1n) is 7.42. The van der Waals surface area contributed by atoms with Crippen LogP contribution in [0.5, 0.6) is 0 Å². The number of rotatable bonds is 8. The van der Waals surface area contributed by atoms with Crippen LogP contribution in [0.15, 0.2) is 6.07 Å². The number of nitrogens with zero attached hydrogens (tertiary/aromatic N) is 3. The number of anilines is 1. The molecule has 0 aromatic carbocycles. The largest absolute Gasteiger partial charge is 0.354 e. The van der Waals surface area contributed by atoms with Gasteiger partial charge in [0.1, 0.15) is 16.8 Å². The molecule has 0 spiro atoms. The second kappa shape index (κ2) is 8.36. The van der Waals surface area contributed by atoms with Crippen LogP contribution < -0.4 is 4.90 Å². The summed E-state index contributed by atoms with van der Waals surface area (Å²) in [6, 6.07) is 2.37. The lowest BCUT2D eigenvalue weighted by atomic mass is 10.2. The van der Waals surface area contributed by atoms with Crippen LogP contribution in [0.3, 0.4) is 0 Å². The van der Waals surface area contributed by atoms with E-state index in [-0.39, 0.29) is 0 Å². The molecule has 0 amide bonds. The van der Waals surface area contributed by atoms with Gasteiger partial charge in [-0.15, -0.1) is 0 Å². The Morgan fingerprint density at radius 3 is 2.53 bits per heavy atom. The lowest BCUT2D eigenvalue weighted by molar-refractivity contribution is 0.587. The van der Waals surface area contributed by atoms with Gasteiger partial charge < -0.3 is 4.90 Å². The van der Waals surface area contributed by atoms with Crippen molar-refractivity contribution in [3.63, 3.8) is 0 Å². The van der Waals surface area contributed by atoms with Gasteiger partial charge in [0.2, 0.25) is 0 Å². The van der Waals surface area contributed by atoms with Crippen molar-refractivity contribution in [3.8, 4) is 0 Å². The lowest BCUT2D eigenvalue weighted by Gasteiger charge is -2.30. The van der Waals surface area contributed by atoms with E-state index in [4.69, 9.17) is 11.6 Å². The number of hydrogen-bond donors (Lipinski definition) is 0. The molecule has 0 N–H and O–H groups in total. The molecule has 1 aromatic heterocycles. The topological polar surface area (TPSA) is 29.0 Å². The smallest absolute Gasteiger partial charge is 0.134 e. The Bertz CT molecular complexity index is 382. The summed E-state index contributed by atoms with van der Waals surface area (Å²) in [6.07, 6.45) is 5.39. The fourth-order valence-electron chi connectivity index (χ4n) is 2.04. The van der Waals surface area contributed by atoms with Crippen LogP contribution in [-0.2, 0) is 6.42 Å². The molecule has 0 aliphatic carbocycles. The van der Waals surface area contributed by atoms with Crippen molar-refractivity contribution < 1.29 is 0 Å². The minimum atomic E-state index is 0.479. The van der Waals surface area contributed by atoms with E-state index in [1.165, 1.54) is 12.8 Å². The Labute approximate surface area is 122 Å². The maximum atomic E-state index is 6.13. The number of unbranched alkanes of at least 4 members (excludes halogenated alkanes) is 1. The van der Waals surface area contributed by atoms with Gasteiger partial charge in [-0.05, 0) is 26.2 Å². The SMILES string of the molecule is CCCCN(c1cc(Cl)nc(CCC)n1)C(C)CC. The molecule has 0 saturated carbocycles. The molecular formula is C15H26ClN3. The van der Waals surface area contributed by atoms with Gasteiger partial charge in [0, 0.05) is 25.1 Å². The van der Waals surface area contributed by atoms with Gasteiger partial charge in [-0.3, -0.25) is 0 Å². The summed E-state index contributed by atoms with van der Waals surface area (Å²) in [5.74, 6) is 1.83. The Balaban J connectivity index is 2.99. The molecule has 4 heteroatoms. The highest BCUT2D eigenvalue weighted by molar-refractivity contribution is 6.29. The number of aromatic nitrogens is 2. The maximum Gasteiger partial charge on any atom is 0.134 e. The highest BCUT2D eigenvalue weighted by Gasteiger charge is 2.15. The Morgan fingerprint density at radius 1 is 1.21 bits per heavy atom. The van der Waals surface area contributed by atoms with E-state index in [2.05, 4.69) is 42.6 Å². The van der Waals surface area contributed by atoms with Crippen molar-refractivity contribution in [2.24, 2.45) is 0 Å². The summed E-state index contributed by atoms with van der Waals surface area (Å²) in [5.41, 5.74) is 0. The first-order chi connectivity index (χ1) is 9.12. The summed E-state index contributed by atoms with van der Waals surface area (Å²) >= 11 is 6.13. The van der Waals surface area contributed by atoms with Gasteiger partial charge in [0.15, 0.2) is 0 Å². The highest BCUT2D eigenvalue weighted by Crippen LogP contribution is 2.20. The highest BCUT2D eigenvalue weighted by atomic mass is 35.5. The first-order valence-corrected chi connectivity index (χ1v) is 7.80. The van der Waals surface area contributed by atoms with E-state index in [9.17, 15) is 0 Å². The van der Waals surface area contributed by atoms with Crippen LogP contribution >= 0.6 is 11.6 Å². The van der Waals surface area contributed by atoms with E-state index in [1.54, 1.807) is 0 Å². The van der Waals surface area contributed by atoms with Crippen molar-refractivity contribution in [3.05, 3.63) is 17.0 Å². The second-order valence-corrected chi connectivity index (χ2v) is 5.41. The first kappa shape index (κ1) is 16.2. The Hall–Kier alpha value is -0.830. The predicted octanol–water partition coefficient (Wildman–Crippen LogP) is 4.49. The van der Waals surface area contributed by atoms with Crippen molar-refractivity contribution in [1.29, 1.82) is 0 Å². The normalized spacial score (nSPS) is 12.5. The molecule has 0 radical (unpaired) electrons. The molecular weight excluding hydrogens is 258 g/mol. The second-order valence-electron chi connectivity index (χ2n) is 5.02.